The van der Waals surface area contributed by atoms with Gasteiger partial charge in [0.2, 0.25) is 0 Å². The van der Waals surface area contributed by atoms with Crippen LogP contribution in [0.5, 0.6) is 0 Å². The van der Waals surface area contributed by atoms with Crippen LogP contribution < -0.4 is 0 Å². The first-order valence-corrected chi connectivity index (χ1v) is 7.36. The van der Waals surface area contributed by atoms with Gasteiger partial charge in [-0.15, -0.1) is 0 Å². The van der Waals surface area contributed by atoms with Crippen LogP contribution in [0.2, 0.25) is 0 Å². The number of aldehydes is 1. The lowest BCUT2D eigenvalue weighted by atomic mass is 9.77. The van der Waals surface area contributed by atoms with E-state index in [1.54, 1.807) is 0 Å². The Bertz CT molecular complexity index is 364. The highest BCUT2D eigenvalue weighted by atomic mass is 16.1. The minimum Gasteiger partial charge on any atom is -0.298 e. The average Bonchev–Trinajstić information content (AvgIpc) is 2.40. The molecule has 1 saturated carbocycles. The standard InChI is InChI=1S/C17H24O/c1-2-4-14-5-3-6-17(11-14)12-15-7-9-16(13-18)10-8-15/h7-10,13-14,17H,2-6,11-12H2,1H3. The second-order valence-corrected chi connectivity index (χ2v) is 5.75. The van der Waals surface area contributed by atoms with E-state index in [-0.39, 0.29) is 0 Å². The molecule has 0 radical (unpaired) electrons. The highest BCUT2D eigenvalue weighted by molar-refractivity contribution is 5.74. The molecule has 0 aliphatic heterocycles. The van der Waals surface area contributed by atoms with Crippen LogP contribution in [0.15, 0.2) is 24.3 Å². The van der Waals surface area contributed by atoms with Crippen LogP contribution >= 0.6 is 0 Å². The summed E-state index contributed by atoms with van der Waals surface area (Å²) in [5.74, 6) is 1.82. The van der Waals surface area contributed by atoms with Gasteiger partial charge in [-0.1, -0.05) is 63.3 Å². The van der Waals surface area contributed by atoms with Gasteiger partial charge in [-0.25, -0.2) is 0 Å². The Balaban J connectivity index is 1.89. The minimum atomic E-state index is 0.784. The van der Waals surface area contributed by atoms with Crippen molar-refractivity contribution in [2.24, 2.45) is 11.8 Å². The molecule has 2 rings (SSSR count). The third-order valence-corrected chi connectivity index (χ3v) is 4.23. The summed E-state index contributed by atoms with van der Waals surface area (Å²) >= 11 is 0. The molecular weight excluding hydrogens is 220 g/mol. The predicted molar refractivity (Wildman–Crippen MR) is 75.9 cm³/mol. The molecule has 0 aromatic heterocycles. The van der Waals surface area contributed by atoms with E-state index in [9.17, 15) is 4.79 Å². The molecule has 0 N–H and O–H groups in total. The fourth-order valence-corrected chi connectivity index (χ4v) is 3.32. The Morgan fingerprint density at radius 2 is 1.89 bits per heavy atom. The van der Waals surface area contributed by atoms with Gasteiger partial charge in [-0.2, -0.15) is 0 Å². The highest BCUT2D eigenvalue weighted by Gasteiger charge is 2.21. The summed E-state index contributed by atoms with van der Waals surface area (Å²) in [6.45, 7) is 2.29. The Kier molecular flexibility index (Phi) is 4.98. The van der Waals surface area contributed by atoms with Gasteiger partial charge < -0.3 is 0 Å². The van der Waals surface area contributed by atoms with E-state index in [0.717, 1.165) is 23.7 Å². The molecule has 0 saturated heterocycles. The quantitative estimate of drug-likeness (QED) is 0.689. The maximum atomic E-state index is 10.6. The zero-order valence-electron chi connectivity index (χ0n) is 11.4. The molecule has 0 amide bonds. The summed E-state index contributed by atoms with van der Waals surface area (Å²) in [6.07, 6.45) is 10.5. The first kappa shape index (κ1) is 13.3. The average molecular weight is 244 g/mol. The van der Waals surface area contributed by atoms with Crippen molar-refractivity contribution < 1.29 is 4.79 Å². The number of carbonyl (C=O) groups excluding carboxylic acids is 1. The van der Waals surface area contributed by atoms with Crippen molar-refractivity contribution in [1.82, 2.24) is 0 Å². The molecule has 2 atom stereocenters. The van der Waals surface area contributed by atoms with Crippen LogP contribution in [0, 0.1) is 11.8 Å². The topological polar surface area (TPSA) is 17.1 Å². The predicted octanol–water partition coefficient (Wildman–Crippen LogP) is 4.65. The maximum absolute atomic E-state index is 10.6. The van der Waals surface area contributed by atoms with Crippen LogP contribution in [0.4, 0.5) is 0 Å². The fraction of sp³-hybridized carbons (Fsp3) is 0.588. The summed E-state index contributed by atoms with van der Waals surface area (Å²) in [6, 6.07) is 8.11. The molecule has 1 heteroatoms. The lowest BCUT2D eigenvalue weighted by molar-refractivity contribution is 0.112. The van der Waals surface area contributed by atoms with Crippen LogP contribution in [-0.4, -0.2) is 6.29 Å². The van der Waals surface area contributed by atoms with Crippen molar-refractivity contribution in [3.8, 4) is 0 Å². The van der Waals surface area contributed by atoms with Crippen LogP contribution in [0.1, 0.15) is 61.4 Å². The van der Waals surface area contributed by atoms with E-state index in [1.165, 1.54) is 50.5 Å². The molecule has 2 unspecified atom stereocenters. The molecule has 0 bridgehead atoms. The number of hydrogen-bond donors (Lipinski definition) is 0. The molecule has 1 aliphatic rings. The Morgan fingerprint density at radius 1 is 1.17 bits per heavy atom. The zero-order valence-corrected chi connectivity index (χ0v) is 11.4. The first-order valence-electron chi connectivity index (χ1n) is 7.36. The molecule has 1 fully saturated rings. The van der Waals surface area contributed by atoms with E-state index in [0.29, 0.717) is 0 Å². The molecule has 1 aliphatic carbocycles. The summed E-state index contributed by atoms with van der Waals surface area (Å²) in [5.41, 5.74) is 2.18. The van der Waals surface area contributed by atoms with Gasteiger partial charge in [0, 0.05) is 5.56 Å². The number of carbonyl (C=O) groups is 1. The van der Waals surface area contributed by atoms with E-state index in [1.807, 2.05) is 12.1 Å². The fourth-order valence-electron chi connectivity index (χ4n) is 3.32. The van der Waals surface area contributed by atoms with Gasteiger partial charge in [0.15, 0.2) is 0 Å². The number of hydrogen-bond acceptors (Lipinski definition) is 1. The van der Waals surface area contributed by atoms with Crippen molar-refractivity contribution in [1.29, 1.82) is 0 Å². The molecule has 1 nitrogen and oxygen atoms in total. The number of benzene rings is 1. The zero-order chi connectivity index (χ0) is 12.8. The van der Waals surface area contributed by atoms with Crippen LogP contribution in [0.3, 0.4) is 0 Å². The molecule has 18 heavy (non-hydrogen) atoms. The van der Waals surface area contributed by atoms with Crippen LogP contribution in [-0.2, 0) is 6.42 Å². The summed E-state index contributed by atoms with van der Waals surface area (Å²) in [5, 5.41) is 0. The van der Waals surface area contributed by atoms with Gasteiger partial charge in [0.05, 0.1) is 0 Å². The largest absolute Gasteiger partial charge is 0.298 e. The monoisotopic (exact) mass is 244 g/mol. The normalized spacial score (nSPS) is 23.8. The van der Waals surface area contributed by atoms with E-state index < -0.39 is 0 Å². The lowest BCUT2D eigenvalue weighted by Gasteiger charge is -2.29. The lowest BCUT2D eigenvalue weighted by Crippen LogP contribution is -2.17. The van der Waals surface area contributed by atoms with Gasteiger partial charge >= 0.3 is 0 Å². The molecule has 98 valence electrons. The van der Waals surface area contributed by atoms with E-state index >= 15 is 0 Å². The molecule has 1 aromatic rings. The second kappa shape index (κ2) is 6.72. The van der Waals surface area contributed by atoms with Gasteiger partial charge in [0.25, 0.3) is 0 Å². The summed E-state index contributed by atoms with van der Waals surface area (Å²) in [7, 11) is 0. The molecule has 0 heterocycles. The first-order chi connectivity index (χ1) is 8.81. The third-order valence-electron chi connectivity index (χ3n) is 4.23. The summed E-state index contributed by atoms with van der Waals surface area (Å²) in [4.78, 5) is 10.6. The van der Waals surface area contributed by atoms with Gasteiger partial charge in [-0.05, 0) is 30.2 Å². The van der Waals surface area contributed by atoms with E-state index in [2.05, 4.69) is 19.1 Å². The smallest absolute Gasteiger partial charge is 0.150 e. The molecule has 0 spiro atoms. The Hall–Kier alpha value is -1.11. The molecule has 1 aromatic carbocycles. The van der Waals surface area contributed by atoms with Crippen molar-refractivity contribution in [2.45, 2.75) is 51.9 Å². The second-order valence-electron chi connectivity index (χ2n) is 5.75. The van der Waals surface area contributed by atoms with Crippen molar-refractivity contribution in [3.63, 3.8) is 0 Å². The third kappa shape index (κ3) is 3.69. The minimum absolute atomic E-state index is 0.784. The highest BCUT2D eigenvalue weighted by Crippen LogP contribution is 2.33. The molecular formula is C17H24O. The number of rotatable bonds is 5. The van der Waals surface area contributed by atoms with Crippen molar-refractivity contribution >= 4 is 6.29 Å². The Morgan fingerprint density at radius 3 is 2.56 bits per heavy atom. The summed E-state index contributed by atoms with van der Waals surface area (Å²) < 4.78 is 0. The van der Waals surface area contributed by atoms with Gasteiger partial charge in [-0.3, -0.25) is 4.79 Å². The van der Waals surface area contributed by atoms with Crippen molar-refractivity contribution in [2.75, 3.05) is 0 Å². The van der Waals surface area contributed by atoms with E-state index in [4.69, 9.17) is 0 Å². The van der Waals surface area contributed by atoms with Crippen LogP contribution in [0.25, 0.3) is 0 Å². The maximum Gasteiger partial charge on any atom is 0.150 e. The van der Waals surface area contributed by atoms with Crippen molar-refractivity contribution in [3.05, 3.63) is 35.4 Å². The Labute approximate surface area is 111 Å². The SMILES string of the molecule is CCCC1CCCC(Cc2ccc(C=O)cc2)C1. The van der Waals surface area contributed by atoms with Gasteiger partial charge in [0.1, 0.15) is 6.29 Å².